The molecule has 4 atom stereocenters. The minimum Gasteiger partial charge on any atom is -0.394 e. The quantitative estimate of drug-likeness (QED) is 0.309. The summed E-state index contributed by atoms with van der Waals surface area (Å²) in [6, 6.07) is 9.13. The van der Waals surface area contributed by atoms with E-state index in [9.17, 15) is 20.4 Å². The van der Waals surface area contributed by atoms with Crippen LogP contribution in [0.2, 0.25) is 0 Å². The van der Waals surface area contributed by atoms with Gasteiger partial charge in [0.1, 0.15) is 24.4 Å². The highest BCUT2D eigenvalue weighted by atomic mass is 16.4. The Morgan fingerprint density at radius 3 is 2.25 bits per heavy atom. The molecule has 0 saturated carbocycles. The van der Waals surface area contributed by atoms with E-state index in [0.717, 1.165) is 11.9 Å². The standard InChI is InChI=1S/C13H20N2O5/c1-15(9-5-3-2-4-6-9)14-7-10(17)12(19)13(20)11(18)8-16/h2-7,10-13,16-20H,8H2,1H3/t10-,11+,12+,13-/m0/s1. The van der Waals surface area contributed by atoms with Crippen LogP contribution in [0.15, 0.2) is 35.4 Å². The molecule has 0 heterocycles. The zero-order chi connectivity index (χ0) is 15.1. The summed E-state index contributed by atoms with van der Waals surface area (Å²) in [6.45, 7) is -0.716. The van der Waals surface area contributed by atoms with Gasteiger partial charge >= 0.3 is 0 Å². The highest BCUT2D eigenvalue weighted by molar-refractivity contribution is 5.65. The van der Waals surface area contributed by atoms with Gasteiger partial charge in [0.15, 0.2) is 0 Å². The van der Waals surface area contributed by atoms with Crippen molar-refractivity contribution in [3.05, 3.63) is 30.3 Å². The molecular weight excluding hydrogens is 264 g/mol. The van der Waals surface area contributed by atoms with E-state index in [-0.39, 0.29) is 0 Å². The molecule has 20 heavy (non-hydrogen) atoms. The van der Waals surface area contributed by atoms with Gasteiger partial charge in [-0.3, -0.25) is 5.01 Å². The van der Waals surface area contributed by atoms with Gasteiger partial charge in [-0.1, -0.05) is 18.2 Å². The fraction of sp³-hybridized carbons (Fsp3) is 0.462. The third kappa shape index (κ3) is 4.55. The molecule has 1 rings (SSSR count). The summed E-state index contributed by atoms with van der Waals surface area (Å²) in [6.07, 6.45) is -5.27. The second-order valence-corrected chi connectivity index (χ2v) is 4.35. The van der Waals surface area contributed by atoms with Gasteiger partial charge in [-0.15, -0.1) is 0 Å². The Morgan fingerprint density at radius 1 is 1.10 bits per heavy atom. The number of nitrogens with zero attached hydrogens (tertiary/aromatic N) is 2. The van der Waals surface area contributed by atoms with Gasteiger partial charge in [-0.05, 0) is 12.1 Å². The maximum absolute atomic E-state index is 9.65. The Balaban J connectivity index is 2.61. The summed E-state index contributed by atoms with van der Waals surface area (Å²) in [5.74, 6) is 0. The molecule has 0 spiro atoms. The molecule has 1 aromatic rings. The number of benzene rings is 1. The van der Waals surface area contributed by atoms with Crippen molar-refractivity contribution in [3.63, 3.8) is 0 Å². The van der Waals surface area contributed by atoms with E-state index in [1.54, 1.807) is 7.05 Å². The number of rotatable bonds is 7. The van der Waals surface area contributed by atoms with Crippen molar-refractivity contribution >= 4 is 11.9 Å². The second-order valence-electron chi connectivity index (χ2n) is 4.35. The van der Waals surface area contributed by atoms with Crippen molar-refractivity contribution in [3.8, 4) is 0 Å². The van der Waals surface area contributed by atoms with Crippen LogP contribution in [-0.4, -0.2) is 69.8 Å². The van der Waals surface area contributed by atoms with Crippen molar-refractivity contribution in [2.24, 2.45) is 5.10 Å². The molecule has 0 aliphatic carbocycles. The average molecular weight is 284 g/mol. The fourth-order valence-corrected chi connectivity index (χ4v) is 1.50. The van der Waals surface area contributed by atoms with Crippen LogP contribution in [0.5, 0.6) is 0 Å². The van der Waals surface area contributed by atoms with Crippen LogP contribution < -0.4 is 5.01 Å². The first-order valence-electron chi connectivity index (χ1n) is 6.13. The number of para-hydroxylation sites is 1. The van der Waals surface area contributed by atoms with Crippen LogP contribution in [0.4, 0.5) is 5.69 Å². The highest BCUT2D eigenvalue weighted by Gasteiger charge is 2.29. The van der Waals surface area contributed by atoms with Crippen molar-refractivity contribution < 1.29 is 25.5 Å². The van der Waals surface area contributed by atoms with E-state index in [1.807, 2.05) is 30.3 Å². The molecule has 7 heteroatoms. The molecule has 0 aliphatic heterocycles. The van der Waals surface area contributed by atoms with Gasteiger partial charge in [-0.25, -0.2) is 0 Å². The number of hydrogen-bond donors (Lipinski definition) is 5. The normalized spacial score (nSPS) is 17.7. The van der Waals surface area contributed by atoms with Crippen molar-refractivity contribution in [1.82, 2.24) is 0 Å². The molecule has 0 saturated heterocycles. The first kappa shape index (κ1) is 16.5. The van der Waals surface area contributed by atoms with Crippen LogP contribution in [0, 0.1) is 0 Å². The summed E-state index contributed by atoms with van der Waals surface area (Å²) in [7, 11) is 1.66. The number of aliphatic hydroxyl groups is 5. The molecule has 112 valence electrons. The smallest absolute Gasteiger partial charge is 0.119 e. The van der Waals surface area contributed by atoms with Crippen molar-refractivity contribution in [2.45, 2.75) is 24.4 Å². The number of aliphatic hydroxyl groups excluding tert-OH is 5. The van der Waals surface area contributed by atoms with E-state index in [2.05, 4.69) is 5.10 Å². The van der Waals surface area contributed by atoms with Crippen LogP contribution in [-0.2, 0) is 0 Å². The Morgan fingerprint density at radius 2 is 1.70 bits per heavy atom. The monoisotopic (exact) mass is 284 g/mol. The summed E-state index contributed by atoms with van der Waals surface area (Å²) >= 11 is 0. The van der Waals surface area contributed by atoms with Gasteiger partial charge in [0.05, 0.1) is 18.5 Å². The lowest BCUT2D eigenvalue weighted by molar-refractivity contribution is -0.0999. The molecule has 1 aromatic carbocycles. The second kappa shape index (κ2) is 7.93. The molecular formula is C13H20N2O5. The summed E-state index contributed by atoms with van der Waals surface area (Å²) in [4.78, 5) is 0. The average Bonchev–Trinajstić information content (AvgIpc) is 2.50. The Hall–Kier alpha value is -1.51. The molecule has 0 amide bonds. The SMILES string of the molecule is CN(N=C[C@H](O)[C@@H](O)[C@@H](O)[C@H](O)CO)c1ccccc1. The molecule has 0 radical (unpaired) electrons. The molecule has 0 aromatic heterocycles. The number of anilines is 1. The maximum Gasteiger partial charge on any atom is 0.119 e. The van der Waals surface area contributed by atoms with E-state index in [0.29, 0.717) is 0 Å². The molecule has 5 N–H and O–H groups in total. The Bertz CT molecular complexity index is 414. The minimum absolute atomic E-state index is 0.716. The predicted molar refractivity (Wildman–Crippen MR) is 74.5 cm³/mol. The van der Waals surface area contributed by atoms with E-state index in [1.165, 1.54) is 5.01 Å². The van der Waals surface area contributed by atoms with Gasteiger partial charge < -0.3 is 25.5 Å². The minimum atomic E-state index is -1.66. The van der Waals surface area contributed by atoms with E-state index >= 15 is 0 Å². The lowest BCUT2D eigenvalue weighted by Crippen LogP contribution is -2.46. The van der Waals surface area contributed by atoms with E-state index in [4.69, 9.17) is 5.11 Å². The molecule has 0 aliphatic rings. The zero-order valence-electron chi connectivity index (χ0n) is 11.1. The molecule has 0 unspecified atom stereocenters. The summed E-state index contributed by atoms with van der Waals surface area (Å²) in [5, 5.41) is 51.9. The molecule has 7 nitrogen and oxygen atoms in total. The number of hydrogen-bond acceptors (Lipinski definition) is 7. The number of hydrazone groups is 1. The van der Waals surface area contributed by atoms with Gasteiger partial charge in [-0.2, -0.15) is 5.10 Å². The maximum atomic E-state index is 9.65. The van der Waals surface area contributed by atoms with Gasteiger partial charge in [0.25, 0.3) is 0 Å². The van der Waals surface area contributed by atoms with Crippen LogP contribution in [0.25, 0.3) is 0 Å². The lowest BCUT2D eigenvalue weighted by Gasteiger charge is -2.23. The van der Waals surface area contributed by atoms with E-state index < -0.39 is 31.0 Å². The third-order valence-electron chi connectivity index (χ3n) is 2.80. The first-order valence-corrected chi connectivity index (χ1v) is 6.13. The van der Waals surface area contributed by atoms with Crippen molar-refractivity contribution in [2.75, 3.05) is 18.7 Å². The summed E-state index contributed by atoms with van der Waals surface area (Å²) < 4.78 is 0. The Kier molecular flexibility index (Phi) is 6.56. The Labute approximate surface area is 117 Å². The summed E-state index contributed by atoms with van der Waals surface area (Å²) in [5.41, 5.74) is 0.779. The largest absolute Gasteiger partial charge is 0.394 e. The van der Waals surface area contributed by atoms with Crippen molar-refractivity contribution in [1.29, 1.82) is 0 Å². The molecule has 0 bridgehead atoms. The fourth-order valence-electron chi connectivity index (χ4n) is 1.50. The van der Waals surface area contributed by atoms with Crippen LogP contribution in [0.3, 0.4) is 0 Å². The zero-order valence-corrected chi connectivity index (χ0v) is 11.1. The first-order chi connectivity index (χ1) is 9.47. The van der Waals surface area contributed by atoms with Crippen LogP contribution >= 0.6 is 0 Å². The lowest BCUT2D eigenvalue weighted by atomic mass is 10.0. The van der Waals surface area contributed by atoms with Gasteiger partial charge in [0, 0.05) is 7.05 Å². The predicted octanol–water partition coefficient (Wildman–Crippen LogP) is -1.46. The van der Waals surface area contributed by atoms with Gasteiger partial charge in [0.2, 0.25) is 0 Å². The third-order valence-corrected chi connectivity index (χ3v) is 2.80. The van der Waals surface area contributed by atoms with Crippen LogP contribution in [0.1, 0.15) is 0 Å². The molecule has 0 fully saturated rings. The highest BCUT2D eigenvalue weighted by Crippen LogP contribution is 2.11. The topological polar surface area (TPSA) is 117 Å².